The van der Waals surface area contributed by atoms with E-state index in [1.807, 2.05) is 48.5 Å². The number of carbonyl (C=O) groups excluding carboxylic acids is 1. The molecule has 5 aromatic rings. The van der Waals surface area contributed by atoms with Crippen LogP contribution in [0.5, 0.6) is 5.75 Å². The Labute approximate surface area is 171 Å². The van der Waals surface area contributed by atoms with Crippen molar-refractivity contribution in [2.45, 2.75) is 0 Å². The van der Waals surface area contributed by atoms with Crippen molar-refractivity contribution in [3.05, 3.63) is 60.2 Å². The van der Waals surface area contributed by atoms with Crippen LogP contribution in [0.3, 0.4) is 0 Å². The third kappa shape index (κ3) is 2.77. The number of aromatic amines is 2. The van der Waals surface area contributed by atoms with Crippen LogP contribution in [-0.2, 0) is 0 Å². The van der Waals surface area contributed by atoms with E-state index in [0.717, 1.165) is 27.9 Å². The van der Waals surface area contributed by atoms with Gasteiger partial charge in [0.2, 0.25) is 0 Å². The van der Waals surface area contributed by atoms with Crippen LogP contribution >= 0.6 is 0 Å². The Balaban J connectivity index is 1.62. The lowest BCUT2D eigenvalue weighted by Crippen LogP contribution is -2.18. The first-order valence-electron chi connectivity index (χ1n) is 9.39. The highest BCUT2D eigenvalue weighted by Gasteiger charge is 2.17. The zero-order valence-corrected chi connectivity index (χ0v) is 16.4. The first-order valence-corrected chi connectivity index (χ1v) is 9.39. The summed E-state index contributed by atoms with van der Waals surface area (Å²) < 4.78 is 5.44. The molecule has 148 valence electrons. The maximum atomic E-state index is 12.2. The number of hydrogen-bond donors (Lipinski definition) is 3. The number of imidazole rings is 1. The minimum atomic E-state index is -0.184. The second-order valence-corrected chi connectivity index (χ2v) is 6.73. The molecule has 0 aliphatic carbocycles. The number of H-pyrrole nitrogens is 2. The van der Waals surface area contributed by atoms with E-state index in [2.05, 4.69) is 30.5 Å². The predicted molar refractivity (Wildman–Crippen MR) is 114 cm³/mol. The van der Waals surface area contributed by atoms with Crippen molar-refractivity contribution < 1.29 is 9.53 Å². The molecule has 0 radical (unpaired) electrons. The molecule has 0 aliphatic rings. The minimum Gasteiger partial charge on any atom is -0.496 e. The summed E-state index contributed by atoms with van der Waals surface area (Å²) in [6.45, 7) is 0. The number of ether oxygens (including phenoxy) is 1. The number of benzene rings is 2. The first kappa shape index (κ1) is 17.9. The van der Waals surface area contributed by atoms with Gasteiger partial charge < -0.3 is 15.0 Å². The number of nitrogens with one attached hydrogen (secondary N) is 3. The number of para-hydroxylation sites is 2. The predicted octanol–water partition coefficient (Wildman–Crippen LogP) is 3.54. The van der Waals surface area contributed by atoms with Gasteiger partial charge in [0.1, 0.15) is 17.0 Å². The molecule has 0 fully saturated rings. The molecular weight excluding hydrogens is 380 g/mol. The SMILES string of the molecule is CNC(=O)c1cccc2[nH]c(-c3[nH]nc4nc(-c5ccccc5OC)ccc34)nc12. The molecule has 1 amide bonds. The average molecular weight is 398 g/mol. The number of nitrogens with zero attached hydrogens (tertiary/aromatic N) is 3. The highest BCUT2D eigenvalue weighted by Crippen LogP contribution is 2.31. The largest absolute Gasteiger partial charge is 0.496 e. The zero-order valence-electron chi connectivity index (χ0n) is 16.4. The fourth-order valence-corrected chi connectivity index (χ4v) is 3.55. The Hall–Kier alpha value is -4.20. The standard InChI is InChI=1S/C22H18N6O2/c1-23-22(29)14-7-5-8-16-18(14)26-21(25-16)19-13-10-11-15(24-20(13)28-27-19)12-6-3-4-9-17(12)30-2/h3-11H,1-2H3,(H,23,29)(H,25,26)(H,24,27,28). The van der Waals surface area contributed by atoms with Gasteiger partial charge in [-0.05, 0) is 36.4 Å². The van der Waals surface area contributed by atoms with Crippen molar-refractivity contribution >= 4 is 28.0 Å². The Morgan fingerprint density at radius 2 is 1.90 bits per heavy atom. The van der Waals surface area contributed by atoms with Crippen LogP contribution in [0.25, 0.3) is 44.8 Å². The van der Waals surface area contributed by atoms with Gasteiger partial charge in [-0.3, -0.25) is 9.89 Å². The topological polar surface area (TPSA) is 109 Å². The first-order chi connectivity index (χ1) is 14.7. The molecule has 30 heavy (non-hydrogen) atoms. The number of amides is 1. The quantitative estimate of drug-likeness (QED) is 0.429. The number of fused-ring (bicyclic) bond motifs is 2. The van der Waals surface area contributed by atoms with Gasteiger partial charge in [0.15, 0.2) is 11.5 Å². The number of carbonyl (C=O) groups is 1. The molecule has 3 N–H and O–H groups in total. The molecule has 0 spiro atoms. The lowest BCUT2D eigenvalue weighted by Gasteiger charge is -2.07. The van der Waals surface area contributed by atoms with Crippen molar-refractivity contribution in [1.29, 1.82) is 0 Å². The molecule has 3 aromatic heterocycles. The Bertz CT molecular complexity index is 1400. The van der Waals surface area contributed by atoms with Gasteiger partial charge in [0, 0.05) is 18.0 Å². The number of aromatic nitrogens is 5. The van der Waals surface area contributed by atoms with Crippen LogP contribution < -0.4 is 10.1 Å². The van der Waals surface area contributed by atoms with Gasteiger partial charge in [0.25, 0.3) is 5.91 Å². The molecule has 0 atom stereocenters. The van der Waals surface area contributed by atoms with Gasteiger partial charge in [-0.25, -0.2) is 9.97 Å². The monoisotopic (exact) mass is 398 g/mol. The Kier molecular flexibility index (Phi) is 4.17. The summed E-state index contributed by atoms with van der Waals surface area (Å²) in [5, 5.41) is 10.9. The second kappa shape index (κ2) is 7.00. The van der Waals surface area contributed by atoms with Gasteiger partial charge >= 0.3 is 0 Å². The lowest BCUT2D eigenvalue weighted by molar-refractivity contribution is 0.0964. The van der Waals surface area contributed by atoms with Gasteiger partial charge in [-0.15, -0.1) is 0 Å². The number of pyridine rings is 1. The van der Waals surface area contributed by atoms with Crippen LogP contribution in [0.2, 0.25) is 0 Å². The molecule has 3 heterocycles. The fraction of sp³-hybridized carbons (Fsp3) is 0.0909. The Morgan fingerprint density at radius 3 is 2.73 bits per heavy atom. The maximum absolute atomic E-state index is 12.2. The van der Waals surface area contributed by atoms with E-state index in [0.29, 0.717) is 28.2 Å². The third-order valence-electron chi connectivity index (χ3n) is 5.02. The van der Waals surface area contributed by atoms with Crippen LogP contribution in [-0.4, -0.2) is 45.2 Å². The summed E-state index contributed by atoms with van der Waals surface area (Å²) >= 11 is 0. The van der Waals surface area contributed by atoms with Crippen LogP contribution in [0, 0.1) is 0 Å². The number of rotatable bonds is 4. The van der Waals surface area contributed by atoms with Crippen molar-refractivity contribution in [3.63, 3.8) is 0 Å². The molecule has 8 heteroatoms. The van der Waals surface area contributed by atoms with E-state index in [-0.39, 0.29) is 5.91 Å². The van der Waals surface area contributed by atoms with Gasteiger partial charge in [0.05, 0.1) is 23.9 Å². The lowest BCUT2D eigenvalue weighted by atomic mass is 10.1. The van der Waals surface area contributed by atoms with E-state index >= 15 is 0 Å². The van der Waals surface area contributed by atoms with Crippen LogP contribution in [0.1, 0.15) is 10.4 Å². The van der Waals surface area contributed by atoms with E-state index in [4.69, 9.17) is 4.74 Å². The van der Waals surface area contributed by atoms with Crippen molar-refractivity contribution in [3.8, 4) is 28.5 Å². The molecular formula is C22H18N6O2. The van der Waals surface area contributed by atoms with E-state index in [9.17, 15) is 4.79 Å². The summed E-state index contributed by atoms with van der Waals surface area (Å²) in [4.78, 5) is 24.8. The number of hydrogen-bond acceptors (Lipinski definition) is 5. The van der Waals surface area contributed by atoms with Crippen LogP contribution in [0.15, 0.2) is 54.6 Å². The summed E-state index contributed by atoms with van der Waals surface area (Å²) in [5.41, 5.74) is 4.83. The fourth-order valence-electron chi connectivity index (χ4n) is 3.55. The average Bonchev–Trinajstić information content (AvgIpc) is 3.41. The highest BCUT2D eigenvalue weighted by atomic mass is 16.5. The zero-order chi connectivity index (χ0) is 20.7. The summed E-state index contributed by atoms with van der Waals surface area (Å²) in [7, 11) is 3.24. The Morgan fingerprint density at radius 1 is 1.03 bits per heavy atom. The molecule has 8 nitrogen and oxygen atoms in total. The minimum absolute atomic E-state index is 0.184. The molecule has 0 bridgehead atoms. The molecule has 0 saturated heterocycles. The van der Waals surface area contributed by atoms with Gasteiger partial charge in [-0.2, -0.15) is 5.10 Å². The molecule has 2 aromatic carbocycles. The van der Waals surface area contributed by atoms with E-state index in [1.165, 1.54) is 0 Å². The molecule has 0 saturated carbocycles. The highest BCUT2D eigenvalue weighted by molar-refractivity contribution is 6.05. The summed E-state index contributed by atoms with van der Waals surface area (Å²) in [6, 6.07) is 17.1. The number of methoxy groups -OCH3 is 1. The van der Waals surface area contributed by atoms with Gasteiger partial charge in [-0.1, -0.05) is 18.2 Å². The summed E-state index contributed by atoms with van der Waals surface area (Å²) in [6.07, 6.45) is 0. The van der Waals surface area contributed by atoms with Crippen molar-refractivity contribution in [1.82, 2.24) is 30.5 Å². The molecule has 0 aliphatic heterocycles. The maximum Gasteiger partial charge on any atom is 0.253 e. The molecule has 0 unspecified atom stereocenters. The smallest absolute Gasteiger partial charge is 0.253 e. The van der Waals surface area contributed by atoms with E-state index in [1.54, 1.807) is 20.2 Å². The van der Waals surface area contributed by atoms with Crippen molar-refractivity contribution in [2.24, 2.45) is 0 Å². The summed E-state index contributed by atoms with van der Waals surface area (Å²) in [5.74, 6) is 1.16. The third-order valence-corrected chi connectivity index (χ3v) is 5.02. The van der Waals surface area contributed by atoms with Crippen molar-refractivity contribution in [2.75, 3.05) is 14.2 Å². The van der Waals surface area contributed by atoms with E-state index < -0.39 is 0 Å². The normalized spacial score (nSPS) is 11.1. The second-order valence-electron chi connectivity index (χ2n) is 6.73. The molecule has 5 rings (SSSR count). The van der Waals surface area contributed by atoms with Crippen LogP contribution in [0.4, 0.5) is 0 Å².